The van der Waals surface area contributed by atoms with Crippen LogP contribution in [0.25, 0.3) is 10.1 Å². The van der Waals surface area contributed by atoms with Crippen molar-refractivity contribution in [2.75, 3.05) is 7.05 Å². The summed E-state index contributed by atoms with van der Waals surface area (Å²) in [6, 6.07) is 7.20. The molecule has 0 fully saturated rings. The molecule has 0 bridgehead atoms. The normalized spacial score (nSPS) is 12.5. The summed E-state index contributed by atoms with van der Waals surface area (Å²) in [7, 11) is 1.92. The summed E-state index contributed by atoms with van der Waals surface area (Å²) in [5.41, 5.74) is 0. The Balaban J connectivity index is 2.31. The lowest BCUT2D eigenvalue weighted by Crippen LogP contribution is -2.14. The van der Waals surface area contributed by atoms with Crippen molar-refractivity contribution in [3.05, 3.63) is 35.0 Å². The predicted octanol–water partition coefficient (Wildman–Crippen LogP) is 3.71. The third-order valence-electron chi connectivity index (χ3n) is 2.77. The molecular formula is C14H14FNS. The first kappa shape index (κ1) is 12.1. The van der Waals surface area contributed by atoms with Gasteiger partial charge in [-0.15, -0.1) is 23.7 Å². The zero-order chi connectivity index (χ0) is 12.3. The van der Waals surface area contributed by atoms with Gasteiger partial charge in [-0.25, -0.2) is 4.39 Å². The second kappa shape index (κ2) is 5.31. The smallest absolute Gasteiger partial charge is 0.123 e. The van der Waals surface area contributed by atoms with Crippen LogP contribution in [0.4, 0.5) is 4.39 Å². The summed E-state index contributed by atoms with van der Waals surface area (Å²) < 4.78 is 14.2. The molecule has 0 spiro atoms. The molecule has 1 atom stereocenters. The van der Waals surface area contributed by atoms with E-state index in [2.05, 4.69) is 11.2 Å². The van der Waals surface area contributed by atoms with Gasteiger partial charge in [-0.05, 0) is 43.1 Å². The molecular weight excluding hydrogens is 233 g/mol. The second-order valence-corrected chi connectivity index (χ2v) is 5.03. The molecule has 1 unspecified atom stereocenters. The highest BCUT2D eigenvalue weighted by Gasteiger charge is 2.12. The monoisotopic (exact) mass is 247 g/mol. The quantitative estimate of drug-likeness (QED) is 0.812. The molecule has 1 nitrogen and oxygen atoms in total. The number of thiophene rings is 1. The summed E-state index contributed by atoms with van der Waals surface area (Å²) in [6.45, 7) is 0. The van der Waals surface area contributed by atoms with Crippen molar-refractivity contribution >= 4 is 21.4 Å². The number of fused-ring (bicyclic) bond motifs is 1. The van der Waals surface area contributed by atoms with Crippen LogP contribution in [-0.2, 0) is 0 Å². The molecule has 1 aromatic carbocycles. The molecule has 0 aliphatic heterocycles. The Morgan fingerprint density at radius 2 is 2.29 bits per heavy atom. The molecule has 0 aliphatic rings. The van der Waals surface area contributed by atoms with Crippen molar-refractivity contribution < 1.29 is 4.39 Å². The van der Waals surface area contributed by atoms with E-state index in [1.165, 1.54) is 10.9 Å². The summed E-state index contributed by atoms with van der Waals surface area (Å²) in [5.74, 6) is 2.46. The Kier molecular flexibility index (Phi) is 3.78. The minimum Gasteiger partial charge on any atom is -0.312 e. The van der Waals surface area contributed by atoms with E-state index in [-0.39, 0.29) is 11.9 Å². The van der Waals surface area contributed by atoms with Crippen molar-refractivity contribution in [3.8, 4) is 12.3 Å². The summed E-state index contributed by atoms with van der Waals surface area (Å²) in [5, 5.41) is 4.21. The number of hydrogen-bond acceptors (Lipinski definition) is 2. The first-order chi connectivity index (χ1) is 8.24. The summed E-state index contributed by atoms with van der Waals surface area (Å²) in [6.07, 6.45) is 6.93. The van der Waals surface area contributed by atoms with Crippen LogP contribution >= 0.6 is 11.3 Å². The molecule has 3 heteroatoms. The Morgan fingerprint density at radius 1 is 1.47 bits per heavy atom. The molecule has 0 radical (unpaired) electrons. The highest BCUT2D eigenvalue weighted by Crippen LogP contribution is 2.32. The van der Waals surface area contributed by atoms with Gasteiger partial charge >= 0.3 is 0 Å². The predicted molar refractivity (Wildman–Crippen MR) is 71.7 cm³/mol. The lowest BCUT2D eigenvalue weighted by atomic mass is 10.1. The summed E-state index contributed by atoms with van der Waals surface area (Å²) in [4.78, 5) is 1.21. The Labute approximate surface area is 105 Å². The van der Waals surface area contributed by atoms with Gasteiger partial charge in [0.05, 0.1) is 0 Å². The van der Waals surface area contributed by atoms with Gasteiger partial charge in [0, 0.05) is 22.0 Å². The van der Waals surface area contributed by atoms with Gasteiger partial charge in [0.2, 0.25) is 0 Å². The van der Waals surface area contributed by atoms with Crippen molar-refractivity contribution in [3.63, 3.8) is 0 Å². The minimum atomic E-state index is -0.188. The van der Waals surface area contributed by atoms with Crippen LogP contribution in [-0.4, -0.2) is 7.05 Å². The molecule has 1 heterocycles. The standard InChI is InChI=1S/C14H14FNS/c1-3-4-5-12(16-2)14-9-10-8-11(15)6-7-13(10)17-14/h1,6-9,12,16H,4-5H2,2H3. The SMILES string of the molecule is C#CCCC(NC)c1cc2cc(F)ccc2s1. The van der Waals surface area contributed by atoms with Gasteiger partial charge in [0.25, 0.3) is 0 Å². The Morgan fingerprint density at radius 3 is 3.00 bits per heavy atom. The van der Waals surface area contributed by atoms with Crippen molar-refractivity contribution in [2.24, 2.45) is 0 Å². The highest BCUT2D eigenvalue weighted by atomic mass is 32.1. The van der Waals surface area contributed by atoms with Crippen LogP contribution in [0, 0.1) is 18.2 Å². The maximum absolute atomic E-state index is 13.1. The number of nitrogens with one attached hydrogen (secondary N) is 1. The molecule has 88 valence electrons. The maximum atomic E-state index is 13.1. The van der Waals surface area contributed by atoms with Gasteiger partial charge in [-0.2, -0.15) is 0 Å². The molecule has 0 saturated carbocycles. The third kappa shape index (κ3) is 2.66. The lowest BCUT2D eigenvalue weighted by Gasteiger charge is -2.12. The molecule has 1 aromatic heterocycles. The van der Waals surface area contributed by atoms with Crippen LogP contribution in [0.3, 0.4) is 0 Å². The van der Waals surface area contributed by atoms with Crippen LogP contribution in [0.2, 0.25) is 0 Å². The fourth-order valence-electron chi connectivity index (χ4n) is 1.86. The van der Waals surface area contributed by atoms with Crippen LogP contribution in [0.1, 0.15) is 23.8 Å². The fourth-order valence-corrected chi connectivity index (χ4v) is 3.05. The topological polar surface area (TPSA) is 12.0 Å². The van der Waals surface area contributed by atoms with Crippen LogP contribution in [0.15, 0.2) is 24.3 Å². The van der Waals surface area contributed by atoms with E-state index in [0.29, 0.717) is 0 Å². The molecule has 17 heavy (non-hydrogen) atoms. The van der Waals surface area contributed by atoms with E-state index < -0.39 is 0 Å². The van der Waals surface area contributed by atoms with Gasteiger partial charge in [-0.1, -0.05) is 0 Å². The number of halogens is 1. The first-order valence-corrected chi connectivity index (χ1v) is 6.36. The average Bonchev–Trinajstić information content (AvgIpc) is 2.72. The molecule has 0 aliphatic carbocycles. The van der Waals surface area contributed by atoms with Crippen molar-refractivity contribution in [1.82, 2.24) is 5.32 Å². The number of terminal acetylenes is 1. The molecule has 1 N–H and O–H groups in total. The minimum absolute atomic E-state index is 0.188. The van der Waals surface area contributed by atoms with E-state index in [9.17, 15) is 4.39 Å². The molecule has 2 rings (SSSR count). The maximum Gasteiger partial charge on any atom is 0.123 e. The van der Waals surface area contributed by atoms with Gasteiger partial charge in [0.15, 0.2) is 0 Å². The van der Waals surface area contributed by atoms with E-state index in [1.807, 2.05) is 19.2 Å². The van der Waals surface area contributed by atoms with Crippen LogP contribution < -0.4 is 5.32 Å². The molecule has 0 saturated heterocycles. The lowest BCUT2D eigenvalue weighted by molar-refractivity contribution is 0.568. The zero-order valence-corrected chi connectivity index (χ0v) is 10.5. The first-order valence-electron chi connectivity index (χ1n) is 5.54. The highest BCUT2D eigenvalue weighted by molar-refractivity contribution is 7.19. The Bertz CT molecular complexity index is 553. The number of hydrogen-bond donors (Lipinski definition) is 1. The number of benzene rings is 1. The molecule has 2 aromatic rings. The van der Waals surface area contributed by atoms with E-state index in [1.54, 1.807) is 17.4 Å². The average molecular weight is 247 g/mol. The zero-order valence-electron chi connectivity index (χ0n) is 9.66. The molecule has 0 amide bonds. The third-order valence-corrected chi connectivity index (χ3v) is 4.00. The Hall–Kier alpha value is -1.37. The van der Waals surface area contributed by atoms with Crippen molar-refractivity contribution in [1.29, 1.82) is 0 Å². The largest absolute Gasteiger partial charge is 0.312 e. The van der Waals surface area contributed by atoms with E-state index >= 15 is 0 Å². The fraction of sp³-hybridized carbons (Fsp3) is 0.286. The van der Waals surface area contributed by atoms with Crippen LogP contribution in [0.5, 0.6) is 0 Å². The number of rotatable bonds is 4. The van der Waals surface area contributed by atoms with Gasteiger partial charge < -0.3 is 5.32 Å². The summed E-state index contributed by atoms with van der Waals surface area (Å²) >= 11 is 1.69. The van der Waals surface area contributed by atoms with Gasteiger partial charge in [-0.3, -0.25) is 0 Å². The van der Waals surface area contributed by atoms with E-state index in [4.69, 9.17) is 6.42 Å². The van der Waals surface area contributed by atoms with E-state index in [0.717, 1.165) is 22.9 Å². The van der Waals surface area contributed by atoms with Gasteiger partial charge in [0.1, 0.15) is 5.82 Å². The van der Waals surface area contributed by atoms with Crippen molar-refractivity contribution in [2.45, 2.75) is 18.9 Å². The second-order valence-electron chi connectivity index (χ2n) is 3.91.